The van der Waals surface area contributed by atoms with Gasteiger partial charge in [-0.1, -0.05) is 44.9 Å². The first-order valence-electron chi connectivity index (χ1n) is 21.4. The maximum absolute atomic E-state index is 15.6. The molecule has 17 heteroatoms. The second-order valence-corrected chi connectivity index (χ2v) is 19.0. The molecule has 1 aliphatic heterocycles. The van der Waals surface area contributed by atoms with Crippen molar-refractivity contribution in [1.82, 2.24) is 5.32 Å². The van der Waals surface area contributed by atoms with Crippen LogP contribution in [0.1, 0.15) is 111 Å². The second kappa shape index (κ2) is 17.2. The monoisotopic (exact) mass is 871 g/mol. The summed E-state index contributed by atoms with van der Waals surface area (Å²) in [7, 11) is 0. The highest BCUT2D eigenvalue weighted by atomic mass is 16.7. The first-order valence-corrected chi connectivity index (χ1v) is 21.4. The summed E-state index contributed by atoms with van der Waals surface area (Å²) in [6, 6.07) is 6.71. The molecule has 1 heterocycles. The summed E-state index contributed by atoms with van der Waals surface area (Å²) < 4.78 is 40.9. The molecule has 62 heavy (non-hydrogen) atoms. The van der Waals surface area contributed by atoms with Crippen LogP contribution in [-0.4, -0.2) is 124 Å². The number of fused-ring (bicyclic) bond motifs is 5. The number of hydrogen-bond donors (Lipinski definition) is 4. The molecule has 1 saturated heterocycles. The number of Topliss-reactive ketones (excluding diaryl/α,β-unsaturated/α-hetero) is 1. The van der Waals surface area contributed by atoms with Crippen LogP contribution >= 0.6 is 0 Å². The Bertz CT molecular complexity index is 1950. The van der Waals surface area contributed by atoms with E-state index in [1.807, 2.05) is 0 Å². The summed E-state index contributed by atoms with van der Waals surface area (Å²) in [6.07, 6.45) is -9.92. The number of rotatable bonds is 10. The van der Waals surface area contributed by atoms with Crippen molar-refractivity contribution < 1.29 is 77.2 Å². The molecular formula is C45H61NO16. The number of hydrogen-bond acceptors (Lipinski definition) is 16. The lowest BCUT2D eigenvalue weighted by atomic mass is 9.44. The van der Waals surface area contributed by atoms with Gasteiger partial charge in [0.15, 0.2) is 23.6 Å². The van der Waals surface area contributed by atoms with Crippen LogP contribution in [0.3, 0.4) is 0 Å². The molecule has 4 aliphatic carbocycles. The number of aliphatic hydroxyl groups is 3. The predicted octanol–water partition coefficient (Wildman–Crippen LogP) is 4.26. The fourth-order valence-corrected chi connectivity index (χ4v) is 10.7. The van der Waals surface area contributed by atoms with Gasteiger partial charge in [0, 0.05) is 25.2 Å². The number of aliphatic hydroxyl groups excluding tert-OH is 2. The van der Waals surface area contributed by atoms with Crippen LogP contribution in [0, 0.1) is 22.7 Å². The van der Waals surface area contributed by atoms with Gasteiger partial charge in [0.1, 0.15) is 29.5 Å². The van der Waals surface area contributed by atoms with Gasteiger partial charge in [0.25, 0.3) is 0 Å². The number of alkyl carbamates (subject to hydrolysis) is 1. The van der Waals surface area contributed by atoms with Crippen LogP contribution in [-0.2, 0) is 47.5 Å². The number of esters is 3. The predicted molar refractivity (Wildman–Crippen MR) is 216 cm³/mol. The smallest absolute Gasteiger partial charge is 0.456 e. The Morgan fingerprint density at radius 2 is 1.65 bits per heavy atom. The van der Waals surface area contributed by atoms with Crippen molar-refractivity contribution in [1.29, 1.82) is 0 Å². The molecule has 342 valence electrons. The molecule has 1 aromatic carbocycles. The maximum atomic E-state index is 15.6. The molecule has 2 bridgehead atoms. The molecule has 4 fully saturated rings. The molecule has 1 amide bonds. The highest BCUT2D eigenvalue weighted by Gasteiger charge is 2.78. The summed E-state index contributed by atoms with van der Waals surface area (Å²) in [5, 5.41) is 40.2. The number of amides is 1. The molecule has 3 saturated carbocycles. The summed E-state index contributed by atoms with van der Waals surface area (Å²) in [5.41, 5.74) is -8.70. The van der Waals surface area contributed by atoms with Gasteiger partial charge in [-0.3, -0.25) is 9.59 Å². The second-order valence-electron chi connectivity index (χ2n) is 19.0. The SMILES string of the molecule is CCOC(=O)O[C@H]1C(=O)[C@@]2(C)C(C(OC(=O)c3ccccc3)[C@]3(O)C[C@H](OC(=O)[C@H](O)[C@@H](NC(=O)OC(C)(C)C)C4CCCC4)C(C)=C1C3(C)C)[C@]1(OC(C)=O)CO[C@@H]1C[C@@H]2O. The Morgan fingerprint density at radius 3 is 2.21 bits per heavy atom. The number of carbonyl (C=O) groups is 6. The largest absolute Gasteiger partial charge is 0.509 e. The maximum Gasteiger partial charge on any atom is 0.509 e. The van der Waals surface area contributed by atoms with Crippen molar-refractivity contribution in [2.24, 2.45) is 22.7 Å². The van der Waals surface area contributed by atoms with Gasteiger partial charge < -0.3 is 53.8 Å². The summed E-state index contributed by atoms with van der Waals surface area (Å²) in [6.45, 7) is 13.2. The Hall–Kier alpha value is -4.58. The fourth-order valence-electron chi connectivity index (χ4n) is 10.7. The van der Waals surface area contributed by atoms with Gasteiger partial charge >= 0.3 is 30.2 Å². The van der Waals surface area contributed by atoms with Crippen molar-refractivity contribution in [3.05, 3.63) is 47.0 Å². The van der Waals surface area contributed by atoms with E-state index < -0.39 is 119 Å². The van der Waals surface area contributed by atoms with E-state index >= 15 is 4.79 Å². The quantitative estimate of drug-likeness (QED) is 0.146. The van der Waals surface area contributed by atoms with Crippen LogP contribution < -0.4 is 5.32 Å². The van der Waals surface area contributed by atoms with Gasteiger partial charge in [-0.15, -0.1) is 0 Å². The van der Waals surface area contributed by atoms with Crippen molar-refractivity contribution >= 4 is 35.9 Å². The Balaban J connectivity index is 1.54. The summed E-state index contributed by atoms with van der Waals surface area (Å²) >= 11 is 0. The number of nitrogens with one attached hydrogen (secondary N) is 1. The third kappa shape index (κ3) is 8.21. The summed E-state index contributed by atoms with van der Waals surface area (Å²) in [5.74, 6) is -5.71. The van der Waals surface area contributed by atoms with Gasteiger partial charge in [-0.2, -0.15) is 0 Å². The molecule has 0 spiro atoms. The van der Waals surface area contributed by atoms with Crippen LogP contribution in [0.2, 0.25) is 0 Å². The lowest BCUT2D eigenvalue weighted by Gasteiger charge is -2.67. The zero-order valence-corrected chi connectivity index (χ0v) is 36.9. The van der Waals surface area contributed by atoms with Gasteiger partial charge in [-0.25, -0.2) is 19.2 Å². The minimum Gasteiger partial charge on any atom is -0.456 e. The van der Waals surface area contributed by atoms with E-state index in [0.717, 1.165) is 19.8 Å². The molecular weight excluding hydrogens is 810 g/mol. The zero-order valence-electron chi connectivity index (χ0n) is 36.9. The molecule has 2 unspecified atom stereocenters. The zero-order chi connectivity index (χ0) is 45.7. The lowest BCUT2D eigenvalue weighted by Crippen LogP contribution is -2.82. The van der Waals surface area contributed by atoms with Gasteiger partial charge in [-0.05, 0) is 83.6 Å². The van der Waals surface area contributed by atoms with Crippen LogP contribution in [0.15, 0.2) is 41.5 Å². The third-order valence-electron chi connectivity index (χ3n) is 13.8. The molecule has 5 aliphatic rings. The topological polar surface area (TPSA) is 240 Å². The number of carbonyl (C=O) groups excluding carboxylic acids is 6. The van der Waals surface area contributed by atoms with E-state index in [4.69, 9.17) is 33.2 Å². The van der Waals surface area contributed by atoms with Gasteiger partial charge in [0.05, 0.1) is 42.3 Å². The third-order valence-corrected chi connectivity index (χ3v) is 13.8. The van der Waals surface area contributed by atoms with Crippen LogP contribution in [0.25, 0.3) is 0 Å². The Morgan fingerprint density at radius 1 is 1.00 bits per heavy atom. The number of ether oxygens (including phenoxy) is 7. The minimum absolute atomic E-state index is 0.0445. The Labute approximate surface area is 361 Å². The van der Waals surface area contributed by atoms with E-state index in [-0.39, 0.29) is 42.3 Å². The Kier molecular flexibility index (Phi) is 13.0. The first-order chi connectivity index (χ1) is 28.9. The van der Waals surface area contributed by atoms with E-state index in [9.17, 15) is 39.3 Å². The van der Waals surface area contributed by atoms with E-state index in [1.54, 1.807) is 52.8 Å². The lowest BCUT2D eigenvalue weighted by molar-refractivity contribution is -0.346. The van der Waals surface area contributed by atoms with E-state index in [2.05, 4.69) is 5.32 Å². The molecule has 6 rings (SSSR count). The average Bonchev–Trinajstić information content (AvgIpc) is 3.72. The highest BCUT2D eigenvalue weighted by Crippen LogP contribution is 2.64. The molecule has 11 atom stereocenters. The highest BCUT2D eigenvalue weighted by molar-refractivity contribution is 5.95. The van der Waals surface area contributed by atoms with Gasteiger partial charge in [0.2, 0.25) is 0 Å². The molecule has 0 aromatic heterocycles. The van der Waals surface area contributed by atoms with Crippen LogP contribution in [0.4, 0.5) is 9.59 Å². The van der Waals surface area contributed by atoms with Crippen molar-refractivity contribution in [2.45, 2.75) is 160 Å². The van der Waals surface area contributed by atoms with E-state index in [0.29, 0.717) is 12.8 Å². The standard InChI is InChI=1S/C45H61NO16/c1-10-56-40(54)59-33-30-23(2)27(58-38(52)32(49)31(25-16-14-15-17-25)46-39(53)62-41(4,5)6)21-45(55,42(30,7)8)36(60-37(51)26-18-12-11-13-19-26)34-43(9,35(33)50)28(48)20-29-44(34,22-57-29)61-24(3)47/h11-13,18-19,25,27-29,31-34,36,48-49,55H,10,14-17,20-22H2,1-9H3,(H,46,53)/t27-,28-,29+,31-,32+,33+,34?,36?,43+,44-,45+/m0/s1. The van der Waals surface area contributed by atoms with Crippen molar-refractivity contribution in [3.63, 3.8) is 0 Å². The van der Waals surface area contributed by atoms with E-state index in [1.165, 1.54) is 32.9 Å². The van der Waals surface area contributed by atoms with Crippen molar-refractivity contribution in [3.8, 4) is 0 Å². The molecule has 0 radical (unpaired) electrons. The van der Waals surface area contributed by atoms with Crippen LogP contribution in [0.5, 0.6) is 0 Å². The molecule has 4 N–H and O–H groups in total. The first kappa shape index (κ1) is 46.9. The molecule has 17 nitrogen and oxygen atoms in total. The summed E-state index contributed by atoms with van der Waals surface area (Å²) in [4.78, 5) is 83.5. The number of benzene rings is 1. The van der Waals surface area contributed by atoms with Crippen molar-refractivity contribution in [2.75, 3.05) is 13.2 Å². The molecule has 1 aromatic rings. The minimum atomic E-state index is -2.41. The average molecular weight is 872 g/mol. The normalized spacial score (nSPS) is 33.8. The number of ketones is 1. The fraction of sp³-hybridized carbons (Fsp3) is 0.689.